The Morgan fingerprint density at radius 2 is 1.79 bits per heavy atom. The number of likely N-dealkylation sites (tertiary alicyclic amines) is 1. The van der Waals surface area contributed by atoms with Gasteiger partial charge in [0, 0.05) is 13.1 Å². The average Bonchev–Trinajstić information content (AvgIpc) is 2.11. The number of carbonyl (C=O) groups excluding carboxylic acids is 1. The molecule has 0 bridgehead atoms. The van der Waals surface area contributed by atoms with Crippen LogP contribution >= 0.6 is 0 Å². The fourth-order valence-corrected chi connectivity index (χ4v) is 3.24. The van der Waals surface area contributed by atoms with E-state index < -0.39 is 33.1 Å². The lowest BCUT2D eigenvalue weighted by Crippen LogP contribution is -2.46. The number of hydrogen-bond acceptors (Lipinski definition) is 4. The van der Waals surface area contributed by atoms with Crippen LogP contribution in [0.5, 0.6) is 0 Å². The molecule has 1 aliphatic heterocycles. The van der Waals surface area contributed by atoms with Crippen LogP contribution < -0.4 is 0 Å². The van der Waals surface area contributed by atoms with E-state index in [1.807, 2.05) is 0 Å². The summed E-state index contributed by atoms with van der Waals surface area (Å²) in [7, 11) is -4.48. The molecule has 1 amide bonds. The fourth-order valence-electron chi connectivity index (χ4n) is 2.12. The molecule has 7 heteroatoms. The molecule has 0 unspecified atom stereocenters. The second-order valence-corrected chi connectivity index (χ2v) is 7.83. The number of halogens is 1. The molecule has 0 aromatic carbocycles. The van der Waals surface area contributed by atoms with Crippen LogP contribution in [0.2, 0.25) is 0 Å². The van der Waals surface area contributed by atoms with Crippen molar-refractivity contribution in [3.05, 3.63) is 0 Å². The molecular weight excluding hydrogens is 273 g/mol. The largest absolute Gasteiger partial charge is 0.444 e. The second kappa shape index (κ2) is 5.26. The van der Waals surface area contributed by atoms with Crippen molar-refractivity contribution in [1.82, 2.24) is 4.90 Å². The maximum absolute atomic E-state index is 12.8. The molecule has 5 nitrogen and oxygen atoms in total. The monoisotopic (exact) mass is 295 g/mol. The Balaban J connectivity index is 2.55. The predicted molar refractivity (Wildman–Crippen MR) is 70.0 cm³/mol. The Bertz CT molecular complexity index is 433. The fraction of sp³-hybridized carbons (Fsp3) is 0.917. The lowest BCUT2D eigenvalue weighted by molar-refractivity contribution is 0.0138. The summed E-state index contributed by atoms with van der Waals surface area (Å²) < 4.78 is 39.5. The van der Waals surface area contributed by atoms with Crippen LogP contribution in [0.15, 0.2) is 0 Å². The highest BCUT2D eigenvalue weighted by Crippen LogP contribution is 2.33. The summed E-state index contributed by atoms with van der Waals surface area (Å²) in [6.45, 7) is 7.87. The standard InChI is InChI=1S/C12H22FNO4S/c1-11(2,3)18-10(15)14-7-5-12(4,6-8-14)9-19(13,16)17/h5-9H2,1-4H3. The molecule has 1 aliphatic rings. The Hall–Kier alpha value is -0.850. The lowest BCUT2D eigenvalue weighted by Gasteiger charge is -2.38. The normalized spacial score (nSPS) is 20.2. The van der Waals surface area contributed by atoms with E-state index in [2.05, 4.69) is 0 Å². The average molecular weight is 295 g/mol. The van der Waals surface area contributed by atoms with Crippen LogP contribution in [-0.4, -0.2) is 43.9 Å². The molecule has 0 atom stereocenters. The highest BCUT2D eigenvalue weighted by molar-refractivity contribution is 7.86. The molecule has 1 saturated heterocycles. The van der Waals surface area contributed by atoms with Gasteiger partial charge < -0.3 is 9.64 Å². The van der Waals surface area contributed by atoms with Gasteiger partial charge in [0.1, 0.15) is 5.60 Å². The van der Waals surface area contributed by atoms with Crippen molar-refractivity contribution in [2.24, 2.45) is 5.41 Å². The third kappa shape index (κ3) is 5.76. The first kappa shape index (κ1) is 16.2. The third-order valence-corrected chi connectivity index (χ3v) is 4.18. The van der Waals surface area contributed by atoms with Crippen LogP contribution in [0, 0.1) is 5.41 Å². The van der Waals surface area contributed by atoms with Gasteiger partial charge in [-0.1, -0.05) is 6.92 Å². The molecule has 0 aliphatic carbocycles. The van der Waals surface area contributed by atoms with E-state index in [0.717, 1.165) is 0 Å². The zero-order valence-electron chi connectivity index (χ0n) is 11.9. The molecule has 112 valence electrons. The molecule has 0 aromatic rings. The molecule has 1 fully saturated rings. The van der Waals surface area contributed by atoms with Gasteiger partial charge in [-0.05, 0) is 39.0 Å². The van der Waals surface area contributed by atoms with Gasteiger partial charge in [-0.25, -0.2) is 4.79 Å². The minimum Gasteiger partial charge on any atom is -0.444 e. The van der Waals surface area contributed by atoms with Crippen molar-refractivity contribution in [2.75, 3.05) is 18.8 Å². The molecule has 0 saturated carbocycles. The number of rotatable bonds is 2. The maximum atomic E-state index is 12.8. The summed E-state index contributed by atoms with van der Waals surface area (Å²) in [5, 5.41) is 0. The van der Waals surface area contributed by atoms with Crippen molar-refractivity contribution < 1.29 is 21.8 Å². The first-order chi connectivity index (χ1) is 8.40. The Kier molecular flexibility index (Phi) is 4.49. The van der Waals surface area contributed by atoms with E-state index in [-0.39, 0.29) is 0 Å². The van der Waals surface area contributed by atoms with Gasteiger partial charge >= 0.3 is 16.3 Å². The van der Waals surface area contributed by atoms with Crippen molar-refractivity contribution >= 4 is 16.3 Å². The van der Waals surface area contributed by atoms with Gasteiger partial charge in [0.25, 0.3) is 0 Å². The molecule has 19 heavy (non-hydrogen) atoms. The lowest BCUT2D eigenvalue weighted by atomic mass is 9.82. The van der Waals surface area contributed by atoms with Crippen LogP contribution in [-0.2, 0) is 15.0 Å². The van der Waals surface area contributed by atoms with E-state index in [0.29, 0.717) is 25.9 Å². The molecule has 1 heterocycles. The second-order valence-electron chi connectivity index (χ2n) is 6.46. The summed E-state index contributed by atoms with van der Waals surface area (Å²) in [6, 6.07) is 0. The van der Waals surface area contributed by atoms with Crippen molar-refractivity contribution in [1.29, 1.82) is 0 Å². The summed E-state index contributed by atoms with van der Waals surface area (Å²) in [4.78, 5) is 13.4. The van der Waals surface area contributed by atoms with Crippen LogP contribution in [0.1, 0.15) is 40.5 Å². The van der Waals surface area contributed by atoms with Gasteiger partial charge in [-0.3, -0.25) is 0 Å². The minimum atomic E-state index is -4.48. The van der Waals surface area contributed by atoms with Crippen LogP contribution in [0.3, 0.4) is 0 Å². The Morgan fingerprint density at radius 3 is 2.16 bits per heavy atom. The summed E-state index contributed by atoms with van der Waals surface area (Å²) in [5.41, 5.74) is -1.16. The molecule has 0 spiro atoms. The van der Waals surface area contributed by atoms with Crippen LogP contribution in [0.25, 0.3) is 0 Å². The molecule has 1 rings (SSSR count). The van der Waals surface area contributed by atoms with Crippen molar-refractivity contribution in [3.63, 3.8) is 0 Å². The number of hydrogen-bond donors (Lipinski definition) is 0. The topological polar surface area (TPSA) is 63.7 Å². The van der Waals surface area contributed by atoms with Gasteiger partial charge in [0.15, 0.2) is 0 Å². The molecule has 0 aromatic heterocycles. The number of piperidine rings is 1. The van der Waals surface area contributed by atoms with Gasteiger partial charge in [0.05, 0.1) is 5.75 Å². The number of ether oxygens (including phenoxy) is 1. The zero-order valence-corrected chi connectivity index (χ0v) is 12.7. The third-order valence-electron chi connectivity index (χ3n) is 3.14. The minimum absolute atomic E-state index is 0.390. The smallest absolute Gasteiger partial charge is 0.410 e. The number of nitrogens with zero attached hydrogens (tertiary/aromatic N) is 1. The molecular formula is C12H22FNO4S. The van der Waals surface area contributed by atoms with Crippen molar-refractivity contribution in [3.8, 4) is 0 Å². The SMILES string of the molecule is CC1(CS(=O)(=O)F)CCN(C(=O)OC(C)(C)C)CC1. The summed E-state index contributed by atoms with van der Waals surface area (Å²) >= 11 is 0. The zero-order chi connectivity index (χ0) is 14.9. The highest BCUT2D eigenvalue weighted by atomic mass is 32.3. The predicted octanol–water partition coefficient (Wildman–Crippen LogP) is 2.32. The van der Waals surface area contributed by atoms with E-state index in [9.17, 15) is 17.1 Å². The van der Waals surface area contributed by atoms with Crippen molar-refractivity contribution in [2.45, 2.75) is 46.1 Å². The van der Waals surface area contributed by atoms with Crippen LogP contribution in [0.4, 0.5) is 8.68 Å². The van der Waals surface area contributed by atoms with E-state index >= 15 is 0 Å². The molecule has 0 N–H and O–H groups in total. The number of carbonyl (C=O) groups is 1. The van der Waals surface area contributed by atoms with E-state index in [1.54, 1.807) is 27.7 Å². The number of amides is 1. The van der Waals surface area contributed by atoms with E-state index in [1.165, 1.54) is 4.90 Å². The first-order valence-electron chi connectivity index (χ1n) is 6.31. The summed E-state index contributed by atoms with van der Waals surface area (Å²) in [5.74, 6) is -0.484. The Morgan fingerprint density at radius 1 is 1.32 bits per heavy atom. The van der Waals surface area contributed by atoms with E-state index in [4.69, 9.17) is 4.74 Å². The maximum Gasteiger partial charge on any atom is 0.410 e. The molecule has 0 radical (unpaired) electrons. The van der Waals surface area contributed by atoms with Gasteiger partial charge in [-0.2, -0.15) is 8.42 Å². The quantitative estimate of drug-likeness (QED) is 0.733. The Labute approximate surface area is 114 Å². The highest BCUT2D eigenvalue weighted by Gasteiger charge is 2.36. The summed E-state index contributed by atoms with van der Waals surface area (Å²) in [6.07, 6.45) is 0.503. The van der Waals surface area contributed by atoms with Gasteiger partial charge in [-0.15, -0.1) is 3.89 Å². The first-order valence-corrected chi connectivity index (χ1v) is 7.86. The van der Waals surface area contributed by atoms with Gasteiger partial charge in [0.2, 0.25) is 0 Å².